The zero-order chi connectivity index (χ0) is 16.4. The molecule has 3 heteroatoms. The van der Waals surface area contributed by atoms with Crippen LogP contribution in [0.1, 0.15) is 40.8 Å². The normalized spacial score (nSPS) is 16.8. The van der Waals surface area contributed by atoms with E-state index in [-0.39, 0.29) is 6.04 Å². The molecule has 0 spiro atoms. The highest BCUT2D eigenvalue weighted by molar-refractivity contribution is 5.55. The maximum atomic E-state index is 5.91. The van der Waals surface area contributed by atoms with Crippen LogP contribution in [0.5, 0.6) is 11.5 Å². The molecule has 3 rings (SSSR count). The standard InChI is InChI=1S/C20H25NO2/c1-5-23-20-17-10-11-21-19(16(17)8-9-18(20)22-4)15-7-6-13(2)12-14(15)3/h6-9,12,19,21H,5,10-11H2,1-4H3. The molecule has 2 aromatic carbocycles. The molecule has 2 aromatic rings. The summed E-state index contributed by atoms with van der Waals surface area (Å²) >= 11 is 0. The molecule has 1 heterocycles. The zero-order valence-corrected chi connectivity index (χ0v) is 14.4. The van der Waals surface area contributed by atoms with Gasteiger partial charge in [0.25, 0.3) is 0 Å². The van der Waals surface area contributed by atoms with Gasteiger partial charge in [-0.05, 0) is 49.9 Å². The summed E-state index contributed by atoms with van der Waals surface area (Å²) < 4.78 is 11.4. The third-order valence-corrected chi connectivity index (χ3v) is 4.54. The van der Waals surface area contributed by atoms with Crippen molar-refractivity contribution >= 4 is 0 Å². The predicted molar refractivity (Wildman–Crippen MR) is 93.6 cm³/mol. The summed E-state index contributed by atoms with van der Waals surface area (Å²) in [4.78, 5) is 0. The largest absolute Gasteiger partial charge is 0.493 e. The van der Waals surface area contributed by atoms with Gasteiger partial charge in [-0.3, -0.25) is 0 Å². The average molecular weight is 311 g/mol. The zero-order valence-electron chi connectivity index (χ0n) is 14.4. The van der Waals surface area contributed by atoms with E-state index in [0.29, 0.717) is 6.61 Å². The molecule has 1 aliphatic heterocycles. The lowest BCUT2D eigenvalue weighted by atomic mass is 9.87. The van der Waals surface area contributed by atoms with E-state index < -0.39 is 0 Å². The summed E-state index contributed by atoms with van der Waals surface area (Å²) in [5.41, 5.74) is 6.53. The molecule has 1 N–H and O–H groups in total. The van der Waals surface area contributed by atoms with Gasteiger partial charge < -0.3 is 14.8 Å². The Morgan fingerprint density at radius 3 is 2.61 bits per heavy atom. The summed E-state index contributed by atoms with van der Waals surface area (Å²) in [6, 6.07) is 11.1. The molecule has 0 bridgehead atoms. The Labute approximate surface area is 138 Å². The first kappa shape index (κ1) is 15.9. The van der Waals surface area contributed by atoms with Crippen molar-refractivity contribution < 1.29 is 9.47 Å². The smallest absolute Gasteiger partial charge is 0.164 e. The van der Waals surface area contributed by atoms with Crippen molar-refractivity contribution in [1.82, 2.24) is 5.32 Å². The van der Waals surface area contributed by atoms with E-state index in [1.807, 2.05) is 13.0 Å². The number of methoxy groups -OCH3 is 1. The van der Waals surface area contributed by atoms with Crippen LogP contribution in [0.15, 0.2) is 30.3 Å². The van der Waals surface area contributed by atoms with E-state index in [1.165, 1.54) is 27.8 Å². The third-order valence-electron chi connectivity index (χ3n) is 4.54. The molecule has 0 saturated carbocycles. The van der Waals surface area contributed by atoms with Gasteiger partial charge in [0.15, 0.2) is 11.5 Å². The highest BCUT2D eigenvalue weighted by Crippen LogP contribution is 2.40. The second-order valence-corrected chi connectivity index (χ2v) is 6.09. The van der Waals surface area contributed by atoms with Crippen LogP contribution in [0.4, 0.5) is 0 Å². The Balaban J connectivity index is 2.10. The lowest BCUT2D eigenvalue weighted by Gasteiger charge is -2.30. The number of rotatable bonds is 4. The molecule has 0 fully saturated rings. The van der Waals surface area contributed by atoms with Gasteiger partial charge in [-0.1, -0.05) is 29.8 Å². The molecule has 1 atom stereocenters. The molecule has 122 valence electrons. The fourth-order valence-electron chi connectivity index (χ4n) is 3.49. The van der Waals surface area contributed by atoms with Crippen LogP contribution < -0.4 is 14.8 Å². The summed E-state index contributed by atoms with van der Waals surface area (Å²) in [5.74, 6) is 1.73. The average Bonchev–Trinajstić information content (AvgIpc) is 2.55. The summed E-state index contributed by atoms with van der Waals surface area (Å²) in [6.45, 7) is 7.93. The fraction of sp³-hybridized carbons (Fsp3) is 0.400. The van der Waals surface area contributed by atoms with Gasteiger partial charge in [0.05, 0.1) is 19.8 Å². The Bertz CT molecular complexity index is 709. The number of hydrogen-bond acceptors (Lipinski definition) is 3. The molecule has 0 amide bonds. The van der Waals surface area contributed by atoms with E-state index in [9.17, 15) is 0 Å². The summed E-state index contributed by atoms with van der Waals surface area (Å²) in [7, 11) is 1.70. The molecular weight excluding hydrogens is 286 g/mol. The van der Waals surface area contributed by atoms with Crippen LogP contribution in [-0.2, 0) is 6.42 Å². The van der Waals surface area contributed by atoms with E-state index in [4.69, 9.17) is 9.47 Å². The first-order valence-electron chi connectivity index (χ1n) is 8.28. The van der Waals surface area contributed by atoms with E-state index in [1.54, 1.807) is 7.11 Å². The molecule has 0 saturated heterocycles. The quantitative estimate of drug-likeness (QED) is 0.927. The minimum Gasteiger partial charge on any atom is -0.493 e. The van der Waals surface area contributed by atoms with Crippen LogP contribution in [0.25, 0.3) is 0 Å². The van der Waals surface area contributed by atoms with E-state index in [2.05, 4.69) is 43.4 Å². The molecule has 3 nitrogen and oxygen atoms in total. The van der Waals surface area contributed by atoms with Gasteiger partial charge in [-0.2, -0.15) is 0 Å². The van der Waals surface area contributed by atoms with Gasteiger partial charge >= 0.3 is 0 Å². The van der Waals surface area contributed by atoms with Crippen LogP contribution >= 0.6 is 0 Å². The minimum absolute atomic E-state index is 0.212. The Morgan fingerprint density at radius 2 is 1.91 bits per heavy atom. The molecule has 0 aliphatic carbocycles. The van der Waals surface area contributed by atoms with E-state index in [0.717, 1.165) is 24.5 Å². The van der Waals surface area contributed by atoms with E-state index >= 15 is 0 Å². The summed E-state index contributed by atoms with van der Waals surface area (Å²) in [5, 5.41) is 3.66. The van der Waals surface area contributed by atoms with Crippen molar-refractivity contribution in [2.75, 3.05) is 20.3 Å². The summed E-state index contributed by atoms with van der Waals surface area (Å²) in [6.07, 6.45) is 0.962. The molecule has 1 unspecified atom stereocenters. The molecular formula is C20H25NO2. The van der Waals surface area contributed by atoms with Gasteiger partial charge in [0.1, 0.15) is 0 Å². The molecule has 23 heavy (non-hydrogen) atoms. The van der Waals surface area contributed by atoms with Gasteiger partial charge in [0.2, 0.25) is 0 Å². The number of nitrogens with one attached hydrogen (secondary N) is 1. The van der Waals surface area contributed by atoms with Crippen molar-refractivity contribution in [2.45, 2.75) is 33.2 Å². The Morgan fingerprint density at radius 1 is 1.13 bits per heavy atom. The number of hydrogen-bond donors (Lipinski definition) is 1. The highest BCUT2D eigenvalue weighted by Gasteiger charge is 2.26. The maximum absolute atomic E-state index is 5.91. The first-order valence-corrected chi connectivity index (χ1v) is 8.28. The van der Waals surface area contributed by atoms with Crippen LogP contribution in [-0.4, -0.2) is 20.3 Å². The number of fused-ring (bicyclic) bond motifs is 1. The lowest BCUT2D eigenvalue weighted by molar-refractivity contribution is 0.305. The van der Waals surface area contributed by atoms with Gasteiger partial charge in [-0.15, -0.1) is 0 Å². The van der Waals surface area contributed by atoms with Gasteiger partial charge in [0, 0.05) is 12.1 Å². The first-order chi connectivity index (χ1) is 11.2. The number of benzene rings is 2. The van der Waals surface area contributed by atoms with Crippen LogP contribution in [0.3, 0.4) is 0 Å². The lowest BCUT2D eigenvalue weighted by Crippen LogP contribution is -2.31. The molecule has 1 aliphatic rings. The second-order valence-electron chi connectivity index (χ2n) is 6.09. The predicted octanol–water partition coefficient (Wildman–Crippen LogP) is 3.95. The second kappa shape index (κ2) is 6.63. The monoisotopic (exact) mass is 311 g/mol. The Hall–Kier alpha value is -2.00. The highest BCUT2D eigenvalue weighted by atomic mass is 16.5. The third kappa shape index (κ3) is 2.93. The number of aryl methyl sites for hydroxylation is 2. The van der Waals surface area contributed by atoms with Crippen molar-refractivity contribution in [2.24, 2.45) is 0 Å². The maximum Gasteiger partial charge on any atom is 0.164 e. The Kier molecular flexibility index (Phi) is 4.58. The molecule has 0 radical (unpaired) electrons. The van der Waals surface area contributed by atoms with Crippen molar-refractivity contribution in [3.05, 3.63) is 58.1 Å². The van der Waals surface area contributed by atoms with Crippen molar-refractivity contribution in [3.63, 3.8) is 0 Å². The van der Waals surface area contributed by atoms with Crippen LogP contribution in [0, 0.1) is 13.8 Å². The minimum atomic E-state index is 0.212. The fourth-order valence-corrected chi connectivity index (χ4v) is 3.49. The van der Waals surface area contributed by atoms with Crippen molar-refractivity contribution in [1.29, 1.82) is 0 Å². The van der Waals surface area contributed by atoms with Crippen molar-refractivity contribution in [3.8, 4) is 11.5 Å². The number of ether oxygens (including phenoxy) is 2. The topological polar surface area (TPSA) is 30.5 Å². The van der Waals surface area contributed by atoms with Crippen LogP contribution in [0.2, 0.25) is 0 Å². The molecule has 0 aromatic heterocycles. The van der Waals surface area contributed by atoms with Gasteiger partial charge in [-0.25, -0.2) is 0 Å². The SMILES string of the molecule is CCOc1c(OC)ccc2c1CCNC2c1ccc(C)cc1C.